The van der Waals surface area contributed by atoms with Crippen molar-refractivity contribution < 1.29 is 17.6 Å². The molecule has 0 unspecified atom stereocenters. The van der Waals surface area contributed by atoms with Crippen LogP contribution < -0.4 is 4.90 Å². The van der Waals surface area contributed by atoms with Gasteiger partial charge in [0.05, 0.1) is 10.5 Å². The van der Waals surface area contributed by atoms with Crippen LogP contribution in [-0.2, 0) is 16.4 Å². The summed E-state index contributed by atoms with van der Waals surface area (Å²) in [5.74, 6) is 0.0661. The van der Waals surface area contributed by atoms with Gasteiger partial charge >= 0.3 is 0 Å². The maximum absolute atomic E-state index is 13.7. The molecule has 2 aliphatic heterocycles. The van der Waals surface area contributed by atoms with Crippen LogP contribution in [0.5, 0.6) is 0 Å². The molecule has 184 valence electrons. The number of nitrogens with zero attached hydrogens (tertiary/aromatic N) is 3. The molecule has 0 bridgehead atoms. The lowest BCUT2D eigenvalue weighted by atomic mass is 9.90. The van der Waals surface area contributed by atoms with E-state index in [1.807, 2.05) is 11.0 Å². The van der Waals surface area contributed by atoms with Gasteiger partial charge in [0.15, 0.2) is 0 Å². The molecule has 1 amide bonds. The van der Waals surface area contributed by atoms with Crippen molar-refractivity contribution in [3.63, 3.8) is 0 Å². The van der Waals surface area contributed by atoms with Crippen molar-refractivity contribution in [3.8, 4) is 0 Å². The number of hydrogen-bond donors (Lipinski definition) is 0. The number of amides is 1. The van der Waals surface area contributed by atoms with Crippen LogP contribution >= 0.6 is 0 Å². The quantitative estimate of drug-likeness (QED) is 0.614. The fourth-order valence-electron chi connectivity index (χ4n) is 4.98. The van der Waals surface area contributed by atoms with Crippen molar-refractivity contribution in [1.82, 2.24) is 9.21 Å². The number of rotatable bonds is 6. The zero-order chi connectivity index (χ0) is 24.3. The van der Waals surface area contributed by atoms with Gasteiger partial charge < -0.3 is 9.80 Å². The number of sulfonamides is 1. The molecule has 2 heterocycles. The lowest BCUT2D eigenvalue weighted by Crippen LogP contribution is -2.40. The molecular weight excluding hydrogens is 453 g/mol. The van der Waals surface area contributed by atoms with E-state index in [1.165, 1.54) is 30.9 Å². The number of halogens is 1. The molecule has 0 saturated carbocycles. The molecule has 0 N–H and O–H groups in total. The van der Waals surface area contributed by atoms with Crippen LogP contribution in [0.2, 0.25) is 0 Å². The zero-order valence-electron chi connectivity index (χ0n) is 20.0. The molecule has 34 heavy (non-hydrogen) atoms. The number of hydrogen-bond acceptors (Lipinski definition) is 4. The second-order valence-electron chi connectivity index (χ2n) is 9.58. The maximum Gasteiger partial charge on any atom is 0.256 e. The molecule has 8 heteroatoms. The summed E-state index contributed by atoms with van der Waals surface area (Å²) in [5.41, 5.74) is 2.27. The first kappa shape index (κ1) is 24.7. The molecule has 2 aromatic rings. The van der Waals surface area contributed by atoms with Crippen molar-refractivity contribution in [3.05, 3.63) is 59.4 Å². The fraction of sp³-hybridized carbons (Fsp3) is 0.500. The van der Waals surface area contributed by atoms with Crippen LogP contribution in [0.3, 0.4) is 0 Å². The zero-order valence-corrected chi connectivity index (χ0v) is 20.9. The monoisotopic (exact) mass is 487 g/mol. The number of piperidine rings is 2. The number of carbonyl (C=O) groups is 1. The highest BCUT2D eigenvalue weighted by Crippen LogP contribution is 2.30. The van der Waals surface area contributed by atoms with Crippen molar-refractivity contribution in [1.29, 1.82) is 0 Å². The predicted molar refractivity (Wildman–Crippen MR) is 132 cm³/mol. The number of likely N-dealkylation sites (tertiary alicyclic amines) is 1. The van der Waals surface area contributed by atoms with Crippen molar-refractivity contribution in [2.45, 2.75) is 43.4 Å². The van der Waals surface area contributed by atoms with Gasteiger partial charge in [-0.05, 0) is 80.3 Å². The fourth-order valence-corrected chi connectivity index (χ4v) is 5.90. The van der Waals surface area contributed by atoms with Crippen molar-refractivity contribution in [2.24, 2.45) is 5.92 Å². The Balaban J connectivity index is 1.54. The lowest BCUT2D eigenvalue weighted by Gasteiger charge is -2.35. The minimum atomic E-state index is -3.64. The Hall–Kier alpha value is -2.45. The molecule has 0 aliphatic carbocycles. The summed E-state index contributed by atoms with van der Waals surface area (Å²) in [6.07, 6.45) is 5.79. The van der Waals surface area contributed by atoms with E-state index in [-0.39, 0.29) is 16.6 Å². The second kappa shape index (κ2) is 10.4. The molecule has 0 radical (unpaired) electrons. The summed E-state index contributed by atoms with van der Waals surface area (Å²) >= 11 is 0. The standard InChI is InChI=1S/C26H34FN3O3S/c1-28(2)34(32,33)23-9-10-25(29-13-4-3-5-14-29)24(19-23)26(31)30-15-11-20(12-16-30)17-21-7-6-8-22(27)18-21/h6-10,18-20H,3-5,11-17H2,1-2H3. The first-order chi connectivity index (χ1) is 16.3. The summed E-state index contributed by atoms with van der Waals surface area (Å²) in [6, 6.07) is 11.7. The number of benzene rings is 2. The highest BCUT2D eigenvalue weighted by Gasteiger charge is 2.29. The van der Waals surface area contributed by atoms with Gasteiger partial charge in [-0.3, -0.25) is 4.79 Å². The summed E-state index contributed by atoms with van der Waals surface area (Å²) in [7, 11) is -0.647. The van der Waals surface area contributed by atoms with Crippen LogP contribution in [0.1, 0.15) is 48.0 Å². The van der Waals surface area contributed by atoms with Crippen molar-refractivity contribution in [2.75, 3.05) is 45.2 Å². The Morgan fingerprint density at radius 2 is 1.71 bits per heavy atom. The Bertz CT molecular complexity index is 1120. The van der Waals surface area contributed by atoms with E-state index in [0.29, 0.717) is 24.6 Å². The minimum absolute atomic E-state index is 0.111. The van der Waals surface area contributed by atoms with E-state index in [1.54, 1.807) is 30.3 Å². The van der Waals surface area contributed by atoms with E-state index in [9.17, 15) is 17.6 Å². The third-order valence-electron chi connectivity index (χ3n) is 6.99. The average Bonchev–Trinajstić information content (AvgIpc) is 2.84. The van der Waals surface area contributed by atoms with Crippen LogP contribution in [0, 0.1) is 11.7 Å². The maximum atomic E-state index is 13.7. The normalized spacial score (nSPS) is 17.9. The third-order valence-corrected chi connectivity index (χ3v) is 8.80. The van der Waals surface area contributed by atoms with Gasteiger partial charge in [-0.2, -0.15) is 0 Å². The molecule has 2 saturated heterocycles. The van der Waals surface area contributed by atoms with Gasteiger partial charge in [0, 0.05) is 46.0 Å². The number of carbonyl (C=O) groups excluding carboxylic acids is 1. The highest BCUT2D eigenvalue weighted by molar-refractivity contribution is 7.89. The summed E-state index contributed by atoms with van der Waals surface area (Å²) in [4.78, 5) is 17.9. The first-order valence-corrected chi connectivity index (χ1v) is 13.5. The summed E-state index contributed by atoms with van der Waals surface area (Å²) in [6.45, 7) is 2.97. The van der Waals surface area contributed by atoms with Crippen LogP contribution in [0.25, 0.3) is 0 Å². The van der Waals surface area contributed by atoms with Gasteiger partial charge in [0.1, 0.15) is 5.82 Å². The van der Waals surface area contributed by atoms with Crippen molar-refractivity contribution >= 4 is 21.6 Å². The summed E-state index contributed by atoms with van der Waals surface area (Å²) in [5, 5.41) is 0. The molecule has 4 rings (SSSR count). The van der Waals surface area contributed by atoms with E-state index in [0.717, 1.165) is 56.4 Å². The van der Waals surface area contributed by atoms with Gasteiger partial charge in [-0.25, -0.2) is 17.1 Å². The predicted octanol–water partition coefficient (Wildman–Crippen LogP) is 4.16. The Morgan fingerprint density at radius 1 is 1.00 bits per heavy atom. The van der Waals surface area contributed by atoms with E-state index < -0.39 is 10.0 Å². The SMILES string of the molecule is CN(C)S(=O)(=O)c1ccc(N2CCCCC2)c(C(=O)N2CCC(Cc3cccc(F)c3)CC2)c1. The van der Waals surface area contributed by atoms with Crippen LogP contribution in [0.15, 0.2) is 47.4 Å². The molecular formula is C26H34FN3O3S. The highest BCUT2D eigenvalue weighted by atomic mass is 32.2. The third kappa shape index (κ3) is 5.44. The topological polar surface area (TPSA) is 60.9 Å². The van der Waals surface area contributed by atoms with E-state index in [2.05, 4.69) is 4.90 Å². The van der Waals surface area contributed by atoms with Gasteiger partial charge in [-0.15, -0.1) is 0 Å². The van der Waals surface area contributed by atoms with Gasteiger partial charge in [0.2, 0.25) is 10.0 Å². The van der Waals surface area contributed by atoms with Crippen LogP contribution in [0.4, 0.5) is 10.1 Å². The molecule has 2 aliphatic rings. The smallest absolute Gasteiger partial charge is 0.256 e. The number of anilines is 1. The largest absolute Gasteiger partial charge is 0.371 e. The van der Waals surface area contributed by atoms with Gasteiger partial charge in [0.25, 0.3) is 5.91 Å². The first-order valence-electron chi connectivity index (χ1n) is 12.1. The molecule has 2 aromatic carbocycles. The average molecular weight is 488 g/mol. The Kier molecular flexibility index (Phi) is 7.57. The Morgan fingerprint density at radius 3 is 2.35 bits per heavy atom. The lowest BCUT2D eigenvalue weighted by molar-refractivity contribution is 0.0691. The molecule has 2 fully saturated rings. The van der Waals surface area contributed by atoms with E-state index >= 15 is 0 Å². The van der Waals surface area contributed by atoms with Gasteiger partial charge in [-0.1, -0.05) is 12.1 Å². The Labute approximate surface area is 202 Å². The molecule has 6 nitrogen and oxygen atoms in total. The minimum Gasteiger partial charge on any atom is -0.371 e. The summed E-state index contributed by atoms with van der Waals surface area (Å²) < 4.78 is 40.3. The molecule has 0 aromatic heterocycles. The molecule has 0 atom stereocenters. The molecule has 0 spiro atoms. The van der Waals surface area contributed by atoms with Crippen LogP contribution in [-0.4, -0.2) is 63.8 Å². The van der Waals surface area contributed by atoms with E-state index in [4.69, 9.17) is 0 Å². The second-order valence-corrected chi connectivity index (χ2v) is 11.7.